The van der Waals surface area contributed by atoms with Gasteiger partial charge in [-0.1, -0.05) is 62.5 Å². The summed E-state index contributed by atoms with van der Waals surface area (Å²) in [6.07, 6.45) is 0.353. The summed E-state index contributed by atoms with van der Waals surface area (Å²) in [5, 5.41) is 16.6. The molecule has 0 saturated heterocycles. The molecule has 0 radical (unpaired) electrons. The van der Waals surface area contributed by atoms with Gasteiger partial charge in [-0.05, 0) is 29.8 Å². The highest BCUT2D eigenvalue weighted by molar-refractivity contribution is 9.10. The van der Waals surface area contributed by atoms with Gasteiger partial charge >= 0.3 is 0 Å². The third-order valence-corrected chi connectivity index (χ3v) is 5.06. The molecule has 142 valence electrons. The number of aryl methyl sites for hydroxylation is 1. The Kier molecular flexibility index (Phi) is 6.68. The summed E-state index contributed by atoms with van der Waals surface area (Å²) in [5.41, 5.74) is 1.36. The molecule has 1 heterocycles. The lowest BCUT2D eigenvalue weighted by atomic mass is 10.1. The number of amides is 1. The number of benzene rings is 2. The van der Waals surface area contributed by atoms with Crippen LogP contribution in [0.4, 0.5) is 0 Å². The molecule has 0 spiro atoms. The summed E-state index contributed by atoms with van der Waals surface area (Å²) in [5.74, 6) is 0.468. The van der Waals surface area contributed by atoms with Crippen LogP contribution in [-0.4, -0.2) is 16.0 Å². The van der Waals surface area contributed by atoms with Gasteiger partial charge in [0.1, 0.15) is 6.04 Å². The maximum atomic E-state index is 12.2. The van der Waals surface area contributed by atoms with E-state index >= 15 is 0 Å². The van der Waals surface area contributed by atoms with E-state index in [4.69, 9.17) is 27.7 Å². The number of carbonyl (C=O) groups excluding carboxylic acids is 1. The van der Waals surface area contributed by atoms with Crippen molar-refractivity contribution in [3.05, 3.63) is 68.4 Å². The minimum atomic E-state index is -0.831. The average molecular weight is 480 g/mol. The molecule has 6 nitrogen and oxygen atoms in total. The van der Waals surface area contributed by atoms with Gasteiger partial charge in [0.25, 0.3) is 0 Å². The van der Waals surface area contributed by atoms with Crippen molar-refractivity contribution in [2.75, 3.05) is 0 Å². The minimum absolute atomic E-state index is 0.0968. The van der Waals surface area contributed by atoms with Crippen LogP contribution in [0.1, 0.15) is 23.9 Å². The second-order valence-corrected chi connectivity index (χ2v) is 7.56. The summed E-state index contributed by atoms with van der Waals surface area (Å²) in [4.78, 5) is 16.5. The molecule has 0 aliphatic rings. The van der Waals surface area contributed by atoms with Gasteiger partial charge < -0.3 is 9.84 Å². The number of nitrogens with zero attached hydrogens (tertiary/aromatic N) is 3. The van der Waals surface area contributed by atoms with Crippen LogP contribution in [0.25, 0.3) is 11.4 Å². The fraction of sp³-hybridized carbons (Fsp3) is 0.158. The molecule has 0 aliphatic heterocycles. The molecule has 0 aliphatic carbocycles. The minimum Gasteiger partial charge on any atom is -0.339 e. The highest BCUT2D eigenvalue weighted by Gasteiger charge is 2.16. The fourth-order valence-electron chi connectivity index (χ4n) is 2.44. The molecule has 1 amide bonds. The van der Waals surface area contributed by atoms with E-state index in [0.717, 1.165) is 10.0 Å². The van der Waals surface area contributed by atoms with Crippen LogP contribution in [0.2, 0.25) is 10.0 Å². The Morgan fingerprint density at radius 1 is 1.25 bits per heavy atom. The highest BCUT2D eigenvalue weighted by atomic mass is 79.9. The molecule has 1 aromatic heterocycles. The molecule has 9 heteroatoms. The van der Waals surface area contributed by atoms with E-state index in [1.165, 1.54) is 0 Å². The first-order valence-electron chi connectivity index (χ1n) is 8.18. The largest absolute Gasteiger partial charge is 0.339 e. The maximum absolute atomic E-state index is 12.2. The van der Waals surface area contributed by atoms with Crippen molar-refractivity contribution in [2.24, 2.45) is 0 Å². The lowest BCUT2D eigenvalue weighted by Gasteiger charge is -2.12. The maximum Gasteiger partial charge on any atom is 0.227 e. The van der Waals surface area contributed by atoms with Crippen LogP contribution in [0.5, 0.6) is 0 Å². The van der Waals surface area contributed by atoms with Gasteiger partial charge in [-0.15, -0.1) is 0 Å². The van der Waals surface area contributed by atoms with E-state index in [0.29, 0.717) is 27.3 Å². The van der Waals surface area contributed by atoms with E-state index in [-0.39, 0.29) is 18.7 Å². The number of hydrogen-bond donors (Lipinski definition) is 1. The number of aromatic nitrogens is 2. The van der Waals surface area contributed by atoms with Crippen LogP contribution in [-0.2, 0) is 11.2 Å². The summed E-state index contributed by atoms with van der Waals surface area (Å²) < 4.78 is 6.10. The molecular weight excluding hydrogens is 467 g/mol. The number of halogens is 3. The molecule has 28 heavy (non-hydrogen) atoms. The van der Waals surface area contributed by atoms with Crippen LogP contribution in [0, 0.1) is 11.3 Å². The predicted octanol–water partition coefficient (Wildman–Crippen LogP) is 5.12. The topological polar surface area (TPSA) is 91.8 Å². The Balaban J connectivity index is 1.59. The Labute approximate surface area is 179 Å². The number of nitriles is 1. The Hall–Kier alpha value is -2.40. The van der Waals surface area contributed by atoms with Crippen LogP contribution in [0.15, 0.2) is 51.5 Å². The first-order valence-corrected chi connectivity index (χ1v) is 9.73. The summed E-state index contributed by atoms with van der Waals surface area (Å²) in [6, 6.07) is 13.5. The van der Waals surface area contributed by atoms with Crippen molar-refractivity contribution >= 4 is 45.0 Å². The Morgan fingerprint density at radius 2 is 2.07 bits per heavy atom. The van der Waals surface area contributed by atoms with Crippen molar-refractivity contribution in [1.82, 2.24) is 15.5 Å². The van der Waals surface area contributed by atoms with E-state index in [1.807, 2.05) is 30.3 Å². The smallest absolute Gasteiger partial charge is 0.227 e. The lowest BCUT2D eigenvalue weighted by Crippen LogP contribution is -2.27. The quantitative estimate of drug-likeness (QED) is 0.529. The zero-order chi connectivity index (χ0) is 20.1. The van der Waals surface area contributed by atoms with Crippen molar-refractivity contribution in [3.63, 3.8) is 0 Å². The summed E-state index contributed by atoms with van der Waals surface area (Å²) in [7, 11) is 0. The normalized spacial score (nSPS) is 11.6. The van der Waals surface area contributed by atoms with Gasteiger partial charge in [-0.25, -0.2) is 0 Å². The number of rotatable bonds is 6. The molecule has 1 unspecified atom stereocenters. The van der Waals surface area contributed by atoms with E-state index in [9.17, 15) is 10.1 Å². The summed E-state index contributed by atoms with van der Waals surface area (Å²) >= 11 is 15.2. The molecule has 0 fully saturated rings. The fourth-order valence-corrected chi connectivity index (χ4v) is 3.14. The third-order valence-electron chi connectivity index (χ3n) is 3.83. The van der Waals surface area contributed by atoms with Crippen LogP contribution < -0.4 is 5.32 Å². The van der Waals surface area contributed by atoms with Crippen LogP contribution in [0.3, 0.4) is 0 Å². The first kappa shape index (κ1) is 20.3. The molecule has 2 aromatic carbocycles. The molecule has 1 atom stereocenters. The molecule has 1 N–H and O–H groups in total. The lowest BCUT2D eigenvalue weighted by molar-refractivity contribution is -0.121. The molecule has 3 rings (SSSR count). The van der Waals surface area contributed by atoms with Crippen molar-refractivity contribution < 1.29 is 9.32 Å². The zero-order valence-corrected chi connectivity index (χ0v) is 17.4. The first-order chi connectivity index (χ1) is 13.5. The average Bonchev–Trinajstić information content (AvgIpc) is 3.16. The van der Waals surface area contributed by atoms with Gasteiger partial charge in [0.15, 0.2) is 0 Å². The number of carbonyl (C=O) groups is 1. The van der Waals surface area contributed by atoms with Crippen molar-refractivity contribution in [3.8, 4) is 17.5 Å². The van der Waals surface area contributed by atoms with E-state index in [2.05, 4.69) is 31.4 Å². The van der Waals surface area contributed by atoms with Crippen molar-refractivity contribution in [2.45, 2.75) is 18.9 Å². The van der Waals surface area contributed by atoms with E-state index in [1.54, 1.807) is 18.2 Å². The van der Waals surface area contributed by atoms with E-state index < -0.39 is 6.04 Å². The number of nitrogens with one attached hydrogen (secondary N) is 1. The zero-order valence-electron chi connectivity index (χ0n) is 14.3. The Bertz CT molecular complexity index is 1050. The van der Waals surface area contributed by atoms with Crippen LogP contribution >= 0.6 is 39.1 Å². The third kappa shape index (κ3) is 5.10. The van der Waals surface area contributed by atoms with Crippen molar-refractivity contribution in [1.29, 1.82) is 5.26 Å². The Morgan fingerprint density at radius 3 is 2.79 bits per heavy atom. The predicted molar refractivity (Wildman–Crippen MR) is 109 cm³/mol. The number of hydrogen-bond acceptors (Lipinski definition) is 5. The monoisotopic (exact) mass is 478 g/mol. The molecular formula is C19H13BrCl2N4O2. The van der Waals surface area contributed by atoms with Gasteiger partial charge in [0, 0.05) is 22.9 Å². The standard InChI is InChI=1S/C19H13BrCl2N4O2/c20-13-3-1-2-12(8-13)19-25-18(28-26-19)7-6-17(27)24-16(10-23)11-4-5-14(21)15(22)9-11/h1-5,8-9,16H,6-7H2,(H,24,27). The van der Waals surface area contributed by atoms with Gasteiger partial charge in [0.05, 0.1) is 16.1 Å². The highest BCUT2D eigenvalue weighted by Crippen LogP contribution is 2.25. The second kappa shape index (κ2) is 9.20. The summed E-state index contributed by atoms with van der Waals surface area (Å²) in [6.45, 7) is 0. The van der Waals surface area contributed by atoms with Gasteiger partial charge in [0.2, 0.25) is 17.6 Å². The molecule has 0 bridgehead atoms. The van der Waals surface area contributed by atoms with Gasteiger partial charge in [-0.2, -0.15) is 10.2 Å². The molecule has 3 aromatic rings. The second-order valence-electron chi connectivity index (χ2n) is 5.83. The SMILES string of the molecule is N#CC(NC(=O)CCc1nc(-c2cccc(Br)c2)no1)c1ccc(Cl)c(Cl)c1. The van der Waals surface area contributed by atoms with Gasteiger partial charge in [-0.3, -0.25) is 4.79 Å². The molecule has 0 saturated carbocycles.